The highest BCUT2D eigenvalue weighted by atomic mass is 32.2. The van der Waals surface area contributed by atoms with Crippen molar-refractivity contribution in [2.45, 2.75) is 4.90 Å². The zero-order valence-electron chi connectivity index (χ0n) is 12.3. The first-order chi connectivity index (χ1) is 10.8. The molecule has 0 aliphatic carbocycles. The molecule has 8 heteroatoms. The minimum Gasteiger partial charge on any atom is -0.507 e. The molecule has 0 unspecified atom stereocenters. The van der Waals surface area contributed by atoms with Crippen LogP contribution in [0.15, 0.2) is 41.3 Å². The molecule has 2 aromatic carbocycles. The molecule has 0 atom stereocenters. The Morgan fingerprint density at radius 2 is 1.65 bits per heavy atom. The number of phenolic OH excluding ortho intramolecular Hbond substituents is 1. The Hall–Kier alpha value is -2.58. The molecule has 2 aromatic rings. The molecule has 0 saturated heterocycles. The Labute approximate surface area is 132 Å². The van der Waals surface area contributed by atoms with Crippen LogP contribution in [0.4, 0.5) is 0 Å². The minimum atomic E-state index is -4.42. The van der Waals surface area contributed by atoms with Crippen molar-refractivity contribution in [2.75, 3.05) is 14.2 Å². The largest absolute Gasteiger partial charge is 0.507 e. The van der Waals surface area contributed by atoms with Crippen LogP contribution < -0.4 is 9.47 Å². The van der Waals surface area contributed by atoms with Gasteiger partial charge in [0, 0.05) is 12.1 Å². The van der Waals surface area contributed by atoms with E-state index in [1.165, 1.54) is 38.5 Å². The van der Waals surface area contributed by atoms with E-state index in [2.05, 4.69) is 0 Å². The molecule has 0 fully saturated rings. The van der Waals surface area contributed by atoms with Crippen LogP contribution in [0.2, 0.25) is 0 Å². The van der Waals surface area contributed by atoms with Crippen molar-refractivity contribution in [3.8, 4) is 17.2 Å². The van der Waals surface area contributed by atoms with Gasteiger partial charge in [0.1, 0.15) is 17.2 Å². The number of rotatable bonds is 5. The average molecular weight is 338 g/mol. The maximum atomic E-state index is 12.5. The van der Waals surface area contributed by atoms with E-state index in [1.807, 2.05) is 0 Å². The van der Waals surface area contributed by atoms with E-state index in [4.69, 9.17) is 14.0 Å². The molecule has 0 aliphatic heterocycles. The average Bonchev–Trinajstić information content (AvgIpc) is 2.52. The first-order valence-corrected chi connectivity index (χ1v) is 7.79. The summed E-state index contributed by atoms with van der Waals surface area (Å²) in [5, 5.41) is 9.92. The van der Waals surface area contributed by atoms with Gasteiger partial charge in [-0.3, -0.25) is 9.35 Å². The highest BCUT2D eigenvalue weighted by Gasteiger charge is 2.21. The maximum absolute atomic E-state index is 12.5. The van der Waals surface area contributed by atoms with Gasteiger partial charge in [0.05, 0.1) is 30.2 Å². The van der Waals surface area contributed by atoms with E-state index in [-0.39, 0.29) is 22.6 Å². The number of aromatic hydroxyl groups is 1. The van der Waals surface area contributed by atoms with Crippen LogP contribution >= 0.6 is 0 Å². The van der Waals surface area contributed by atoms with Crippen molar-refractivity contribution >= 4 is 15.9 Å². The summed E-state index contributed by atoms with van der Waals surface area (Å²) in [6.07, 6.45) is 0. The van der Waals surface area contributed by atoms with Gasteiger partial charge in [0.15, 0.2) is 5.78 Å². The second kappa shape index (κ2) is 6.27. The molecule has 0 amide bonds. The number of hydrogen-bond acceptors (Lipinski definition) is 6. The van der Waals surface area contributed by atoms with Gasteiger partial charge in [-0.25, -0.2) is 0 Å². The van der Waals surface area contributed by atoms with E-state index in [0.717, 1.165) is 12.1 Å². The van der Waals surface area contributed by atoms with Gasteiger partial charge in [-0.1, -0.05) is 0 Å². The number of carbonyl (C=O) groups excluding carboxylic acids is 1. The third kappa shape index (κ3) is 3.43. The van der Waals surface area contributed by atoms with Crippen LogP contribution in [-0.2, 0) is 10.1 Å². The second-order valence-electron chi connectivity index (χ2n) is 4.55. The summed E-state index contributed by atoms with van der Waals surface area (Å²) in [6.45, 7) is 0. The van der Waals surface area contributed by atoms with E-state index in [9.17, 15) is 18.3 Å². The lowest BCUT2D eigenvalue weighted by atomic mass is 10.0. The quantitative estimate of drug-likeness (QED) is 0.632. The molecular formula is C15H14O7S. The van der Waals surface area contributed by atoms with Gasteiger partial charge >= 0.3 is 0 Å². The topological polar surface area (TPSA) is 110 Å². The fourth-order valence-corrected chi connectivity index (χ4v) is 2.49. The van der Waals surface area contributed by atoms with Crippen molar-refractivity contribution in [3.63, 3.8) is 0 Å². The van der Waals surface area contributed by atoms with Crippen LogP contribution in [0.5, 0.6) is 17.2 Å². The summed E-state index contributed by atoms with van der Waals surface area (Å²) in [7, 11) is -1.74. The van der Waals surface area contributed by atoms with Crippen molar-refractivity contribution in [1.82, 2.24) is 0 Å². The molecule has 122 valence electrons. The number of ether oxygens (including phenoxy) is 2. The molecule has 0 radical (unpaired) electrons. The summed E-state index contributed by atoms with van der Waals surface area (Å²) in [5.41, 5.74) is 0.0454. The number of methoxy groups -OCH3 is 2. The summed E-state index contributed by atoms with van der Waals surface area (Å²) >= 11 is 0. The van der Waals surface area contributed by atoms with Gasteiger partial charge in [0.2, 0.25) is 0 Å². The standard InChI is InChI=1S/C15H14O7S/c1-21-9-3-5-11(13(16)7-9)15(17)12-6-4-10(23(18,19)20)8-14(12)22-2/h3-8,16H,1-2H3,(H,18,19,20). The van der Waals surface area contributed by atoms with Crippen LogP contribution in [0, 0.1) is 0 Å². The molecular weight excluding hydrogens is 324 g/mol. The van der Waals surface area contributed by atoms with Gasteiger partial charge < -0.3 is 14.6 Å². The molecule has 0 saturated carbocycles. The van der Waals surface area contributed by atoms with Crippen LogP contribution in [-0.4, -0.2) is 38.1 Å². The first kappa shape index (κ1) is 16.8. The first-order valence-electron chi connectivity index (χ1n) is 6.35. The Bertz CT molecular complexity index is 856. The third-order valence-corrected chi connectivity index (χ3v) is 4.01. The van der Waals surface area contributed by atoms with E-state index < -0.39 is 20.8 Å². The van der Waals surface area contributed by atoms with Crippen LogP contribution in [0.25, 0.3) is 0 Å². The lowest BCUT2D eigenvalue weighted by molar-refractivity contribution is 0.103. The monoisotopic (exact) mass is 338 g/mol. The second-order valence-corrected chi connectivity index (χ2v) is 5.97. The number of ketones is 1. The molecule has 0 aliphatic rings. The summed E-state index contributed by atoms with van der Waals surface area (Å²) < 4.78 is 41.3. The number of hydrogen-bond donors (Lipinski definition) is 2. The molecule has 0 spiro atoms. The minimum absolute atomic E-state index is 0.00343. The van der Waals surface area contributed by atoms with E-state index in [1.54, 1.807) is 0 Å². The van der Waals surface area contributed by atoms with E-state index >= 15 is 0 Å². The van der Waals surface area contributed by atoms with Gasteiger partial charge in [0.25, 0.3) is 10.1 Å². The molecule has 23 heavy (non-hydrogen) atoms. The lowest BCUT2D eigenvalue weighted by Gasteiger charge is -2.10. The molecule has 2 rings (SSSR count). The van der Waals surface area contributed by atoms with Crippen molar-refractivity contribution < 1.29 is 32.3 Å². The Morgan fingerprint density at radius 1 is 1.00 bits per heavy atom. The summed E-state index contributed by atoms with van der Waals surface area (Å²) in [4.78, 5) is 12.1. The van der Waals surface area contributed by atoms with E-state index in [0.29, 0.717) is 5.75 Å². The lowest BCUT2D eigenvalue weighted by Crippen LogP contribution is -2.06. The number of phenols is 1. The molecule has 0 heterocycles. The molecule has 0 aromatic heterocycles. The fourth-order valence-electron chi connectivity index (χ4n) is 2.00. The van der Waals surface area contributed by atoms with Crippen molar-refractivity contribution in [1.29, 1.82) is 0 Å². The van der Waals surface area contributed by atoms with Gasteiger partial charge in [-0.15, -0.1) is 0 Å². The van der Waals surface area contributed by atoms with Gasteiger partial charge in [-0.2, -0.15) is 8.42 Å². The molecule has 2 N–H and O–H groups in total. The predicted molar refractivity (Wildman–Crippen MR) is 80.9 cm³/mol. The SMILES string of the molecule is COc1ccc(C(=O)c2ccc(S(=O)(=O)O)cc2OC)c(O)c1. The normalized spacial score (nSPS) is 11.1. The summed E-state index contributed by atoms with van der Waals surface area (Å²) in [5.74, 6) is -0.507. The van der Waals surface area contributed by atoms with Crippen LogP contribution in [0.3, 0.4) is 0 Å². The highest BCUT2D eigenvalue weighted by molar-refractivity contribution is 7.85. The fraction of sp³-hybridized carbons (Fsp3) is 0.133. The summed E-state index contributed by atoms with van der Waals surface area (Å²) in [6, 6.07) is 7.48. The van der Waals surface area contributed by atoms with Crippen molar-refractivity contribution in [3.05, 3.63) is 47.5 Å². The molecule has 7 nitrogen and oxygen atoms in total. The Balaban J connectivity index is 2.51. The molecule has 0 bridgehead atoms. The maximum Gasteiger partial charge on any atom is 0.294 e. The zero-order valence-corrected chi connectivity index (χ0v) is 13.1. The Morgan fingerprint density at radius 3 is 2.17 bits per heavy atom. The Kier molecular flexibility index (Phi) is 4.57. The van der Waals surface area contributed by atoms with Gasteiger partial charge in [-0.05, 0) is 24.3 Å². The predicted octanol–water partition coefficient (Wildman–Crippen LogP) is 1.89. The van der Waals surface area contributed by atoms with Crippen molar-refractivity contribution in [2.24, 2.45) is 0 Å². The highest BCUT2D eigenvalue weighted by Crippen LogP contribution is 2.30. The smallest absolute Gasteiger partial charge is 0.294 e. The number of carbonyl (C=O) groups is 1. The third-order valence-electron chi connectivity index (χ3n) is 3.17. The zero-order chi connectivity index (χ0) is 17.2. The van der Waals surface area contributed by atoms with Crippen LogP contribution in [0.1, 0.15) is 15.9 Å². The number of benzene rings is 2.